The Morgan fingerprint density at radius 2 is 2.12 bits per heavy atom. The highest BCUT2D eigenvalue weighted by molar-refractivity contribution is 5.87. The van der Waals surface area contributed by atoms with Gasteiger partial charge in [0.15, 0.2) is 11.7 Å². The van der Waals surface area contributed by atoms with Crippen molar-refractivity contribution in [3.63, 3.8) is 0 Å². The maximum absolute atomic E-state index is 11.8. The van der Waals surface area contributed by atoms with Crippen LogP contribution in [-0.2, 0) is 7.05 Å². The summed E-state index contributed by atoms with van der Waals surface area (Å²) in [6.07, 6.45) is 1.85. The smallest absolute Gasteiger partial charge is 0.270 e. The van der Waals surface area contributed by atoms with Crippen LogP contribution in [0.25, 0.3) is 10.9 Å². The standard InChI is InChI=1S/C11H8N2O4/c1-12-5-7(6-14)11(15)9-4-8(13(16)17)2-3-10(9)12/h2-6H,1H3. The molecule has 17 heavy (non-hydrogen) atoms. The van der Waals surface area contributed by atoms with E-state index in [1.54, 1.807) is 11.6 Å². The number of nitrogens with zero attached hydrogens (tertiary/aromatic N) is 2. The lowest BCUT2D eigenvalue weighted by Crippen LogP contribution is -2.12. The molecule has 2 aromatic rings. The van der Waals surface area contributed by atoms with Crippen LogP contribution >= 0.6 is 0 Å². The molecule has 1 aromatic carbocycles. The molecule has 0 spiro atoms. The summed E-state index contributed by atoms with van der Waals surface area (Å²) in [4.78, 5) is 32.6. The quantitative estimate of drug-likeness (QED) is 0.443. The van der Waals surface area contributed by atoms with Gasteiger partial charge in [0.1, 0.15) is 0 Å². The van der Waals surface area contributed by atoms with Gasteiger partial charge >= 0.3 is 0 Å². The highest BCUT2D eigenvalue weighted by Gasteiger charge is 2.11. The summed E-state index contributed by atoms with van der Waals surface area (Å²) < 4.78 is 1.59. The molecule has 0 unspecified atom stereocenters. The molecule has 0 aliphatic carbocycles. The third kappa shape index (κ3) is 1.69. The first kappa shape index (κ1) is 11.0. The fourth-order valence-electron chi connectivity index (χ4n) is 1.70. The summed E-state index contributed by atoms with van der Waals surface area (Å²) in [7, 11) is 1.67. The van der Waals surface area contributed by atoms with Gasteiger partial charge < -0.3 is 4.57 Å². The molecular weight excluding hydrogens is 224 g/mol. The van der Waals surface area contributed by atoms with Crippen LogP contribution in [0.1, 0.15) is 10.4 Å². The van der Waals surface area contributed by atoms with E-state index in [1.807, 2.05) is 0 Å². The summed E-state index contributed by atoms with van der Waals surface area (Å²) in [6, 6.07) is 4.00. The minimum atomic E-state index is -0.577. The second-order valence-corrected chi connectivity index (χ2v) is 3.60. The molecule has 6 nitrogen and oxygen atoms in total. The second-order valence-electron chi connectivity index (χ2n) is 3.60. The molecule has 0 bridgehead atoms. The van der Waals surface area contributed by atoms with Crippen LogP contribution in [0.3, 0.4) is 0 Å². The summed E-state index contributed by atoms with van der Waals surface area (Å²) in [5.41, 5.74) is -0.124. The molecule has 0 saturated carbocycles. The Balaban J connectivity index is 2.92. The summed E-state index contributed by atoms with van der Waals surface area (Å²) in [5.74, 6) is 0. The SMILES string of the molecule is Cn1cc(C=O)c(=O)c2cc([N+](=O)[O-])ccc21. The fraction of sp³-hybridized carbons (Fsp3) is 0.0909. The lowest BCUT2D eigenvalue weighted by Gasteiger charge is -2.05. The van der Waals surface area contributed by atoms with E-state index in [0.29, 0.717) is 11.8 Å². The number of aryl methyl sites for hydroxylation is 1. The number of nitro groups is 1. The lowest BCUT2D eigenvalue weighted by atomic mass is 10.1. The van der Waals surface area contributed by atoms with Gasteiger partial charge in [-0.05, 0) is 6.07 Å². The van der Waals surface area contributed by atoms with Crippen LogP contribution in [0.2, 0.25) is 0 Å². The Kier molecular flexibility index (Phi) is 2.47. The molecule has 0 amide bonds. The fourth-order valence-corrected chi connectivity index (χ4v) is 1.70. The van der Waals surface area contributed by atoms with Gasteiger partial charge in [-0.3, -0.25) is 19.7 Å². The number of pyridine rings is 1. The largest absolute Gasteiger partial charge is 0.350 e. The Hall–Kier alpha value is -2.50. The number of aromatic nitrogens is 1. The monoisotopic (exact) mass is 232 g/mol. The van der Waals surface area contributed by atoms with E-state index in [4.69, 9.17) is 0 Å². The maximum Gasteiger partial charge on any atom is 0.270 e. The number of rotatable bonds is 2. The van der Waals surface area contributed by atoms with Gasteiger partial charge in [0.2, 0.25) is 0 Å². The minimum Gasteiger partial charge on any atom is -0.350 e. The summed E-state index contributed by atoms with van der Waals surface area (Å²) >= 11 is 0. The lowest BCUT2D eigenvalue weighted by molar-refractivity contribution is -0.384. The molecule has 2 rings (SSSR count). The number of fused-ring (bicyclic) bond motifs is 1. The van der Waals surface area contributed by atoms with Crippen molar-refractivity contribution in [1.82, 2.24) is 4.57 Å². The zero-order valence-electron chi connectivity index (χ0n) is 8.91. The van der Waals surface area contributed by atoms with E-state index in [1.165, 1.54) is 24.4 Å². The first-order valence-electron chi connectivity index (χ1n) is 4.77. The number of hydrogen-bond acceptors (Lipinski definition) is 4. The van der Waals surface area contributed by atoms with Gasteiger partial charge in [0, 0.05) is 25.4 Å². The van der Waals surface area contributed by atoms with Crippen LogP contribution in [0, 0.1) is 10.1 Å². The zero-order chi connectivity index (χ0) is 12.6. The number of nitro benzene ring substituents is 1. The number of hydrogen-bond donors (Lipinski definition) is 0. The topological polar surface area (TPSA) is 82.2 Å². The van der Waals surface area contributed by atoms with E-state index in [2.05, 4.69) is 0 Å². The van der Waals surface area contributed by atoms with Gasteiger partial charge in [0.25, 0.3) is 5.69 Å². The number of carbonyl (C=O) groups excluding carboxylic acids is 1. The van der Waals surface area contributed by atoms with Crippen molar-refractivity contribution in [1.29, 1.82) is 0 Å². The van der Waals surface area contributed by atoms with E-state index >= 15 is 0 Å². The Bertz CT molecular complexity index is 688. The molecule has 0 radical (unpaired) electrons. The predicted octanol–water partition coefficient (Wildman–Crippen LogP) is 1.26. The molecule has 0 aliphatic rings. The van der Waals surface area contributed by atoms with Gasteiger partial charge in [-0.1, -0.05) is 0 Å². The molecule has 0 N–H and O–H groups in total. The van der Waals surface area contributed by atoms with Crippen molar-refractivity contribution in [2.24, 2.45) is 7.05 Å². The highest BCUT2D eigenvalue weighted by Crippen LogP contribution is 2.18. The Morgan fingerprint density at radius 1 is 1.41 bits per heavy atom. The summed E-state index contributed by atoms with van der Waals surface area (Å²) in [6.45, 7) is 0. The van der Waals surface area contributed by atoms with Crippen molar-refractivity contribution in [2.75, 3.05) is 0 Å². The average Bonchev–Trinajstić information content (AvgIpc) is 2.33. The molecule has 6 heteroatoms. The molecule has 0 saturated heterocycles. The molecule has 86 valence electrons. The van der Waals surface area contributed by atoms with E-state index in [0.717, 1.165) is 0 Å². The van der Waals surface area contributed by atoms with Crippen molar-refractivity contribution in [2.45, 2.75) is 0 Å². The van der Waals surface area contributed by atoms with Gasteiger partial charge in [-0.15, -0.1) is 0 Å². The molecule has 0 atom stereocenters. The van der Waals surface area contributed by atoms with Crippen LogP contribution in [0.5, 0.6) is 0 Å². The van der Waals surface area contributed by atoms with Gasteiger partial charge in [-0.2, -0.15) is 0 Å². The van der Waals surface area contributed by atoms with Crippen LogP contribution in [0.4, 0.5) is 5.69 Å². The van der Waals surface area contributed by atoms with Crippen molar-refractivity contribution < 1.29 is 9.72 Å². The maximum atomic E-state index is 11.8. The van der Waals surface area contributed by atoms with Crippen molar-refractivity contribution in [3.8, 4) is 0 Å². The van der Waals surface area contributed by atoms with Crippen LogP contribution < -0.4 is 5.43 Å². The highest BCUT2D eigenvalue weighted by atomic mass is 16.6. The average molecular weight is 232 g/mol. The normalized spacial score (nSPS) is 10.4. The third-order valence-corrected chi connectivity index (χ3v) is 2.54. The first-order chi connectivity index (χ1) is 8.04. The molecule has 0 aliphatic heterocycles. The van der Waals surface area contributed by atoms with E-state index in [-0.39, 0.29) is 16.6 Å². The van der Waals surface area contributed by atoms with E-state index in [9.17, 15) is 19.7 Å². The minimum absolute atomic E-state index is 0.0134. The van der Waals surface area contributed by atoms with Crippen LogP contribution in [-0.4, -0.2) is 15.8 Å². The third-order valence-electron chi connectivity index (χ3n) is 2.54. The second kappa shape index (κ2) is 3.82. The van der Waals surface area contributed by atoms with Gasteiger partial charge in [0.05, 0.1) is 21.4 Å². The number of aldehydes is 1. The van der Waals surface area contributed by atoms with Crippen LogP contribution in [0.15, 0.2) is 29.2 Å². The number of benzene rings is 1. The first-order valence-corrected chi connectivity index (χ1v) is 4.77. The molecule has 1 aromatic heterocycles. The molecule has 0 fully saturated rings. The number of non-ortho nitro benzene ring substituents is 1. The Labute approximate surface area is 95.2 Å². The van der Waals surface area contributed by atoms with Crippen molar-refractivity contribution >= 4 is 22.9 Å². The predicted molar refractivity (Wildman–Crippen MR) is 61.2 cm³/mol. The van der Waals surface area contributed by atoms with E-state index < -0.39 is 10.4 Å². The Morgan fingerprint density at radius 3 is 2.71 bits per heavy atom. The van der Waals surface area contributed by atoms with Gasteiger partial charge in [-0.25, -0.2) is 0 Å². The zero-order valence-corrected chi connectivity index (χ0v) is 8.91. The molecule has 1 heterocycles. The molecular formula is C11H8N2O4. The van der Waals surface area contributed by atoms with Crippen molar-refractivity contribution in [3.05, 3.63) is 50.3 Å². The summed E-state index contributed by atoms with van der Waals surface area (Å²) in [5, 5.41) is 10.8. The number of carbonyl (C=O) groups is 1.